The Hall–Kier alpha value is -0.650. The van der Waals surface area contributed by atoms with Crippen LogP contribution in [0.4, 0.5) is 5.13 Å². The highest BCUT2D eigenvalue weighted by Crippen LogP contribution is 2.28. The van der Waals surface area contributed by atoms with E-state index in [9.17, 15) is 4.79 Å². The van der Waals surface area contributed by atoms with Gasteiger partial charge in [-0.1, -0.05) is 12.8 Å². The van der Waals surface area contributed by atoms with E-state index < -0.39 is 0 Å². The first-order valence-corrected chi connectivity index (χ1v) is 9.62. The number of carbonyl (C=O) groups excluding carboxylic acids is 1. The molecule has 2 heterocycles. The maximum Gasteiger partial charge on any atom is 0.226 e. The lowest BCUT2D eigenvalue weighted by molar-refractivity contribution is -0.116. The van der Waals surface area contributed by atoms with E-state index in [1.54, 1.807) is 11.3 Å². The first kappa shape index (κ1) is 18.7. The molecule has 2 N–H and O–H groups in total. The largest absolute Gasteiger partial charge is 0.317 e. The fourth-order valence-corrected chi connectivity index (χ4v) is 4.51. The van der Waals surface area contributed by atoms with Gasteiger partial charge < -0.3 is 10.6 Å². The summed E-state index contributed by atoms with van der Waals surface area (Å²) in [6.45, 7) is 2.21. The van der Waals surface area contributed by atoms with Gasteiger partial charge in [-0.25, -0.2) is 4.98 Å². The lowest BCUT2D eigenvalue weighted by Gasteiger charge is -2.21. The molecule has 1 saturated heterocycles. The summed E-state index contributed by atoms with van der Waals surface area (Å²) in [6.07, 6.45) is 11.4. The minimum Gasteiger partial charge on any atom is -0.317 e. The van der Waals surface area contributed by atoms with Crippen molar-refractivity contribution >= 4 is 34.8 Å². The molecule has 4 nitrogen and oxygen atoms in total. The quantitative estimate of drug-likeness (QED) is 0.858. The minimum absolute atomic E-state index is 0. The van der Waals surface area contributed by atoms with E-state index in [1.165, 1.54) is 49.1 Å². The molecule has 1 amide bonds. The molecule has 3 rings (SSSR count). The Morgan fingerprint density at radius 2 is 1.91 bits per heavy atom. The number of carbonyl (C=O) groups is 1. The van der Waals surface area contributed by atoms with E-state index in [4.69, 9.17) is 0 Å². The zero-order valence-corrected chi connectivity index (χ0v) is 15.4. The summed E-state index contributed by atoms with van der Waals surface area (Å²) >= 11 is 1.69. The van der Waals surface area contributed by atoms with Crippen LogP contribution in [0.1, 0.15) is 61.9 Å². The third-order valence-electron chi connectivity index (χ3n) is 4.83. The highest BCUT2D eigenvalue weighted by atomic mass is 35.5. The predicted octanol–water partition coefficient (Wildman–Crippen LogP) is 3.94. The summed E-state index contributed by atoms with van der Waals surface area (Å²) < 4.78 is 0. The normalized spacial score (nSPS) is 19.1. The average molecular weight is 358 g/mol. The van der Waals surface area contributed by atoms with Crippen LogP contribution in [0, 0.1) is 5.92 Å². The number of rotatable bonds is 4. The van der Waals surface area contributed by atoms with E-state index in [1.807, 2.05) is 0 Å². The maximum absolute atomic E-state index is 12.1. The fraction of sp³-hybridized carbons (Fsp3) is 0.765. The first-order chi connectivity index (χ1) is 10.8. The van der Waals surface area contributed by atoms with Crippen LogP contribution in [0.5, 0.6) is 0 Å². The number of nitrogens with zero attached hydrogens (tertiary/aromatic N) is 1. The SMILES string of the molecule is Cl.O=C(CCC1CCNCC1)Nc1nc2c(s1)CCCCCC2. The summed E-state index contributed by atoms with van der Waals surface area (Å²) in [4.78, 5) is 18.2. The number of halogens is 1. The molecule has 0 bridgehead atoms. The number of fused-ring (bicyclic) bond motifs is 1. The Kier molecular flexibility index (Phi) is 7.80. The van der Waals surface area contributed by atoms with Crippen molar-refractivity contribution in [3.05, 3.63) is 10.6 Å². The van der Waals surface area contributed by atoms with E-state index in [0.717, 1.165) is 37.5 Å². The van der Waals surface area contributed by atoms with Gasteiger partial charge in [-0.05, 0) is 64.0 Å². The van der Waals surface area contributed by atoms with Crippen molar-refractivity contribution in [3.8, 4) is 0 Å². The van der Waals surface area contributed by atoms with Gasteiger partial charge in [0.1, 0.15) is 0 Å². The average Bonchev–Trinajstić information content (AvgIpc) is 2.87. The molecule has 0 atom stereocenters. The Balaban J connectivity index is 0.00000192. The zero-order valence-electron chi connectivity index (χ0n) is 13.7. The van der Waals surface area contributed by atoms with Gasteiger partial charge in [-0.2, -0.15) is 0 Å². The van der Waals surface area contributed by atoms with Crippen molar-refractivity contribution in [3.63, 3.8) is 0 Å². The molecule has 0 spiro atoms. The Labute approximate surface area is 149 Å². The topological polar surface area (TPSA) is 54.0 Å². The Bertz CT molecular complexity index is 475. The van der Waals surface area contributed by atoms with Crippen molar-refractivity contribution in [1.82, 2.24) is 10.3 Å². The van der Waals surface area contributed by atoms with E-state index in [2.05, 4.69) is 15.6 Å². The molecule has 1 aromatic rings. The standard InChI is InChI=1S/C17H27N3OS.ClH/c21-16(8-7-13-9-11-18-12-10-13)20-17-19-14-5-3-1-2-4-6-15(14)22-17;/h13,18H,1-12H2,(H,19,20,21);1H. The highest BCUT2D eigenvalue weighted by Gasteiger charge is 2.17. The number of anilines is 1. The number of nitrogens with one attached hydrogen (secondary N) is 2. The second kappa shape index (κ2) is 9.60. The number of aryl methyl sites for hydroxylation is 2. The maximum atomic E-state index is 12.1. The van der Waals surface area contributed by atoms with E-state index >= 15 is 0 Å². The smallest absolute Gasteiger partial charge is 0.226 e. The van der Waals surface area contributed by atoms with Crippen molar-refractivity contribution in [1.29, 1.82) is 0 Å². The number of piperidine rings is 1. The number of hydrogen-bond donors (Lipinski definition) is 2. The molecular formula is C17H28ClN3OS. The van der Waals surface area contributed by atoms with Crippen LogP contribution >= 0.6 is 23.7 Å². The lowest BCUT2D eigenvalue weighted by Crippen LogP contribution is -2.28. The molecule has 0 radical (unpaired) electrons. The molecular weight excluding hydrogens is 330 g/mol. The van der Waals surface area contributed by atoms with Gasteiger partial charge in [0, 0.05) is 11.3 Å². The summed E-state index contributed by atoms with van der Waals surface area (Å²) in [5, 5.41) is 7.23. The summed E-state index contributed by atoms with van der Waals surface area (Å²) in [6, 6.07) is 0. The van der Waals surface area contributed by atoms with Gasteiger partial charge in [0.2, 0.25) is 5.91 Å². The second-order valence-electron chi connectivity index (χ2n) is 6.58. The van der Waals surface area contributed by atoms with Crippen LogP contribution < -0.4 is 10.6 Å². The van der Waals surface area contributed by atoms with Crippen LogP contribution in [0.2, 0.25) is 0 Å². The van der Waals surface area contributed by atoms with Gasteiger partial charge in [-0.15, -0.1) is 23.7 Å². The number of amides is 1. The lowest BCUT2D eigenvalue weighted by atomic mass is 9.93. The predicted molar refractivity (Wildman–Crippen MR) is 98.7 cm³/mol. The molecule has 0 unspecified atom stereocenters. The molecule has 23 heavy (non-hydrogen) atoms. The molecule has 130 valence electrons. The molecule has 0 saturated carbocycles. The number of hydrogen-bond acceptors (Lipinski definition) is 4. The fourth-order valence-electron chi connectivity index (χ4n) is 3.45. The molecule has 1 aliphatic carbocycles. The van der Waals surface area contributed by atoms with Crippen LogP contribution in [-0.4, -0.2) is 24.0 Å². The van der Waals surface area contributed by atoms with Gasteiger partial charge in [0.15, 0.2) is 5.13 Å². The van der Waals surface area contributed by atoms with Gasteiger partial charge in [-0.3, -0.25) is 4.79 Å². The minimum atomic E-state index is 0. The van der Waals surface area contributed by atoms with Crippen LogP contribution in [0.3, 0.4) is 0 Å². The van der Waals surface area contributed by atoms with Gasteiger partial charge >= 0.3 is 0 Å². The van der Waals surface area contributed by atoms with Crippen LogP contribution in [0.25, 0.3) is 0 Å². The van der Waals surface area contributed by atoms with Crippen molar-refractivity contribution in [2.75, 3.05) is 18.4 Å². The van der Waals surface area contributed by atoms with Crippen molar-refractivity contribution in [2.45, 2.75) is 64.2 Å². The molecule has 0 aromatic carbocycles. The van der Waals surface area contributed by atoms with E-state index in [0.29, 0.717) is 12.3 Å². The second-order valence-corrected chi connectivity index (χ2v) is 7.67. The highest BCUT2D eigenvalue weighted by molar-refractivity contribution is 7.15. The summed E-state index contributed by atoms with van der Waals surface area (Å²) in [5.74, 6) is 0.851. The third-order valence-corrected chi connectivity index (χ3v) is 5.90. The third kappa shape index (κ3) is 5.73. The number of thiazole rings is 1. The van der Waals surface area contributed by atoms with Crippen molar-refractivity contribution < 1.29 is 4.79 Å². The molecule has 1 aliphatic heterocycles. The molecule has 1 fully saturated rings. The molecule has 1 aromatic heterocycles. The summed E-state index contributed by atoms with van der Waals surface area (Å²) in [7, 11) is 0. The van der Waals surface area contributed by atoms with Crippen LogP contribution in [0.15, 0.2) is 0 Å². The van der Waals surface area contributed by atoms with Crippen LogP contribution in [-0.2, 0) is 17.6 Å². The molecule has 6 heteroatoms. The molecule has 2 aliphatic rings. The number of aromatic nitrogens is 1. The first-order valence-electron chi connectivity index (χ1n) is 8.80. The van der Waals surface area contributed by atoms with Crippen molar-refractivity contribution in [2.24, 2.45) is 5.92 Å². The monoisotopic (exact) mass is 357 g/mol. The Morgan fingerprint density at radius 3 is 2.70 bits per heavy atom. The van der Waals surface area contributed by atoms with Gasteiger partial charge in [0.05, 0.1) is 5.69 Å². The van der Waals surface area contributed by atoms with E-state index in [-0.39, 0.29) is 18.3 Å². The Morgan fingerprint density at radius 1 is 1.17 bits per heavy atom. The van der Waals surface area contributed by atoms with Gasteiger partial charge in [0.25, 0.3) is 0 Å². The zero-order chi connectivity index (χ0) is 15.2. The summed E-state index contributed by atoms with van der Waals surface area (Å²) in [5.41, 5.74) is 1.23.